The highest BCUT2D eigenvalue weighted by atomic mass is 16.1. The maximum atomic E-state index is 12.1. The van der Waals surface area contributed by atoms with E-state index < -0.39 is 5.54 Å². The largest absolute Gasteiger partial charge is 0.368 e. The lowest BCUT2D eigenvalue weighted by molar-refractivity contribution is -0.126. The van der Waals surface area contributed by atoms with Crippen molar-refractivity contribution in [2.75, 3.05) is 13.6 Å². The molecule has 2 unspecified atom stereocenters. The van der Waals surface area contributed by atoms with E-state index in [2.05, 4.69) is 17.3 Å². The highest BCUT2D eigenvalue weighted by Gasteiger charge is 2.49. The Hall–Kier alpha value is -0.610. The summed E-state index contributed by atoms with van der Waals surface area (Å²) in [6.45, 7) is 1.11. The number of carbonyl (C=O) groups excluding carboxylic acids is 1. The number of nitrogens with two attached hydrogens (primary N) is 1. The van der Waals surface area contributed by atoms with E-state index in [0.29, 0.717) is 12.0 Å². The van der Waals surface area contributed by atoms with Gasteiger partial charge in [-0.15, -0.1) is 0 Å². The Balaban J connectivity index is 1.58. The van der Waals surface area contributed by atoms with Crippen LogP contribution < -0.4 is 11.1 Å². The molecule has 3 fully saturated rings. The third-order valence-corrected chi connectivity index (χ3v) is 6.08. The summed E-state index contributed by atoms with van der Waals surface area (Å²) in [6, 6.07) is 1.32. The standard InChI is InChI=1S/C17H31N3O/c1-20(15-6-2-3-7-15)12-10-13-5-4-11-17(13,16(18)21)19-14-8-9-14/h13-15,19H,2-12H2,1H3,(H2,18,21). The van der Waals surface area contributed by atoms with Crippen LogP contribution in [0.15, 0.2) is 0 Å². The summed E-state index contributed by atoms with van der Waals surface area (Å²) in [5.41, 5.74) is 5.41. The molecule has 0 aromatic heterocycles. The van der Waals surface area contributed by atoms with E-state index in [1.165, 1.54) is 38.5 Å². The Morgan fingerprint density at radius 1 is 1.19 bits per heavy atom. The summed E-state index contributed by atoms with van der Waals surface area (Å²) >= 11 is 0. The molecule has 3 aliphatic rings. The number of nitrogens with zero attached hydrogens (tertiary/aromatic N) is 1. The highest BCUT2D eigenvalue weighted by Crippen LogP contribution is 2.40. The number of primary amides is 1. The van der Waals surface area contributed by atoms with Gasteiger partial charge < -0.3 is 16.0 Å². The zero-order chi connectivity index (χ0) is 14.9. The van der Waals surface area contributed by atoms with E-state index in [0.717, 1.165) is 38.3 Å². The molecule has 0 aliphatic heterocycles. The second-order valence-electron chi connectivity index (χ2n) is 7.55. The predicted molar refractivity (Wildman–Crippen MR) is 84.9 cm³/mol. The zero-order valence-corrected chi connectivity index (χ0v) is 13.4. The number of hydrogen-bond acceptors (Lipinski definition) is 3. The smallest absolute Gasteiger partial charge is 0.238 e. The van der Waals surface area contributed by atoms with Crippen LogP contribution in [0.1, 0.15) is 64.2 Å². The SMILES string of the molecule is CN(CCC1CCCC1(NC1CC1)C(N)=O)C1CCCC1. The van der Waals surface area contributed by atoms with Crippen LogP contribution in [0.2, 0.25) is 0 Å². The van der Waals surface area contributed by atoms with Crippen molar-refractivity contribution in [2.45, 2.75) is 81.8 Å². The van der Waals surface area contributed by atoms with Crippen molar-refractivity contribution in [2.24, 2.45) is 11.7 Å². The molecule has 0 radical (unpaired) electrons. The van der Waals surface area contributed by atoms with Gasteiger partial charge in [0.2, 0.25) is 5.91 Å². The molecular weight excluding hydrogens is 262 g/mol. The second-order valence-corrected chi connectivity index (χ2v) is 7.55. The minimum Gasteiger partial charge on any atom is -0.368 e. The van der Waals surface area contributed by atoms with E-state index in [9.17, 15) is 4.79 Å². The minimum atomic E-state index is -0.405. The molecule has 0 aromatic rings. The van der Waals surface area contributed by atoms with Gasteiger partial charge >= 0.3 is 0 Å². The van der Waals surface area contributed by atoms with E-state index in [1.54, 1.807) is 0 Å². The first kappa shape index (κ1) is 15.3. The van der Waals surface area contributed by atoms with Gasteiger partial charge in [0.1, 0.15) is 5.54 Å². The van der Waals surface area contributed by atoms with Crippen LogP contribution in [0.3, 0.4) is 0 Å². The molecule has 0 heterocycles. The number of rotatable bonds is 7. The van der Waals surface area contributed by atoms with Gasteiger partial charge in [-0.3, -0.25) is 4.79 Å². The van der Waals surface area contributed by atoms with Gasteiger partial charge in [0, 0.05) is 12.1 Å². The lowest BCUT2D eigenvalue weighted by Gasteiger charge is -2.35. The number of hydrogen-bond donors (Lipinski definition) is 2. The van der Waals surface area contributed by atoms with E-state index in [-0.39, 0.29) is 5.91 Å². The van der Waals surface area contributed by atoms with Crippen molar-refractivity contribution in [1.29, 1.82) is 0 Å². The Morgan fingerprint density at radius 2 is 1.90 bits per heavy atom. The molecule has 0 bridgehead atoms. The maximum absolute atomic E-state index is 12.1. The average Bonchev–Trinajstić information content (AvgIpc) is 2.95. The molecular formula is C17H31N3O. The molecule has 3 saturated carbocycles. The van der Waals surface area contributed by atoms with Crippen LogP contribution >= 0.6 is 0 Å². The molecule has 3 N–H and O–H groups in total. The Bertz CT molecular complexity index is 376. The molecule has 0 saturated heterocycles. The van der Waals surface area contributed by atoms with Crippen molar-refractivity contribution >= 4 is 5.91 Å². The molecule has 1 amide bonds. The molecule has 2 atom stereocenters. The molecule has 0 spiro atoms. The monoisotopic (exact) mass is 293 g/mol. The van der Waals surface area contributed by atoms with Gasteiger partial charge in [0.25, 0.3) is 0 Å². The number of carbonyl (C=O) groups is 1. The molecule has 3 aliphatic carbocycles. The fraction of sp³-hybridized carbons (Fsp3) is 0.941. The minimum absolute atomic E-state index is 0.111. The Labute approximate surface area is 128 Å². The predicted octanol–water partition coefficient (Wildman–Crippen LogP) is 2.03. The first-order valence-electron chi connectivity index (χ1n) is 8.89. The normalized spacial score (nSPS) is 33.9. The topological polar surface area (TPSA) is 58.4 Å². The van der Waals surface area contributed by atoms with Gasteiger partial charge in [0.15, 0.2) is 0 Å². The fourth-order valence-corrected chi connectivity index (χ4v) is 4.53. The van der Waals surface area contributed by atoms with Crippen molar-refractivity contribution < 1.29 is 4.79 Å². The summed E-state index contributed by atoms with van der Waals surface area (Å²) < 4.78 is 0. The fourth-order valence-electron chi connectivity index (χ4n) is 4.53. The molecule has 21 heavy (non-hydrogen) atoms. The molecule has 4 heteroatoms. The summed E-state index contributed by atoms with van der Waals surface area (Å²) in [4.78, 5) is 14.7. The maximum Gasteiger partial charge on any atom is 0.238 e. The second kappa shape index (κ2) is 6.25. The van der Waals surface area contributed by atoms with E-state index in [4.69, 9.17) is 5.73 Å². The average molecular weight is 293 g/mol. The summed E-state index contributed by atoms with van der Waals surface area (Å²) in [5.74, 6) is 0.319. The van der Waals surface area contributed by atoms with Crippen LogP contribution in [-0.4, -0.2) is 42.0 Å². The van der Waals surface area contributed by atoms with E-state index in [1.807, 2.05) is 0 Å². The van der Waals surface area contributed by atoms with Crippen LogP contribution in [0.4, 0.5) is 0 Å². The summed E-state index contributed by atoms with van der Waals surface area (Å²) in [6.07, 6.45) is 12.2. The van der Waals surface area contributed by atoms with Gasteiger partial charge in [-0.2, -0.15) is 0 Å². The lowest BCUT2D eigenvalue weighted by atomic mass is 9.83. The van der Waals surface area contributed by atoms with Gasteiger partial charge in [-0.25, -0.2) is 0 Å². The third kappa shape index (κ3) is 3.26. The van der Waals surface area contributed by atoms with Crippen molar-refractivity contribution in [1.82, 2.24) is 10.2 Å². The van der Waals surface area contributed by atoms with Crippen LogP contribution in [-0.2, 0) is 4.79 Å². The van der Waals surface area contributed by atoms with Crippen LogP contribution in [0.25, 0.3) is 0 Å². The van der Waals surface area contributed by atoms with Crippen molar-refractivity contribution in [3.05, 3.63) is 0 Å². The molecule has 4 nitrogen and oxygen atoms in total. The molecule has 3 rings (SSSR count). The summed E-state index contributed by atoms with van der Waals surface area (Å²) in [7, 11) is 2.26. The number of nitrogens with one attached hydrogen (secondary N) is 1. The highest BCUT2D eigenvalue weighted by molar-refractivity contribution is 5.85. The molecule has 0 aromatic carbocycles. The van der Waals surface area contributed by atoms with Crippen molar-refractivity contribution in [3.8, 4) is 0 Å². The lowest BCUT2D eigenvalue weighted by Crippen LogP contribution is -2.59. The van der Waals surface area contributed by atoms with Crippen LogP contribution in [0.5, 0.6) is 0 Å². The van der Waals surface area contributed by atoms with Gasteiger partial charge in [-0.05, 0) is 64.5 Å². The zero-order valence-electron chi connectivity index (χ0n) is 13.4. The van der Waals surface area contributed by atoms with Crippen LogP contribution in [0, 0.1) is 5.92 Å². The molecule has 120 valence electrons. The number of amides is 1. The van der Waals surface area contributed by atoms with Crippen molar-refractivity contribution in [3.63, 3.8) is 0 Å². The Morgan fingerprint density at radius 3 is 2.52 bits per heavy atom. The van der Waals surface area contributed by atoms with Gasteiger partial charge in [-0.1, -0.05) is 19.3 Å². The van der Waals surface area contributed by atoms with Gasteiger partial charge in [0.05, 0.1) is 0 Å². The summed E-state index contributed by atoms with van der Waals surface area (Å²) in [5, 5.41) is 3.62. The first-order chi connectivity index (χ1) is 10.1. The first-order valence-corrected chi connectivity index (χ1v) is 8.89. The Kier molecular flexibility index (Phi) is 4.55. The third-order valence-electron chi connectivity index (χ3n) is 6.08. The quantitative estimate of drug-likeness (QED) is 0.755. The van der Waals surface area contributed by atoms with E-state index >= 15 is 0 Å².